The highest BCUT2D eigenvalue weighted by molar-refractivity contribution is 5.85. The van der Waals surface area contributed by atoms with E-state index in [2.05, 4.69) is 24.5 Å². The predicted octanol–water partition coefficient (Wildman–Crippen LogP) is 0.559. The summed E-state index contributed by atoms with van der Waals surface area (Å²) in [5.74, 6) is 0.677. The van der Waals surface area contributed by atoms with Crippen LogP contribution in [0.2, 0.25) is 0 Å². The molecule has 1 saturated heterocycles. The summed E-state index contributed by atoms with van der Waals surface area (Å²) in [6.07, 6.45) is 1.47. The van der Waals surface area contributed by atoms with Gasteiger partial charge in [0, 0.05) is 19.6 Å². The second kappa shape index (κ2) is 5.34. The molecular formula is C11H21ClN2O2. The van der Waals surface area contributed by atoms with Crippen LogP contribution < -0.4 is 10.6 Å². The molecule has 2 aliphatic rings. The number of hydrogen-bond acceptors (Lipinski definition) is 3. The highest BCUT2D eigenvalue weighted by Crippen LogP contribution is 2.50. The van der Waals surface area contributed by atoms with Crippen molar-refractivity contribution in [1.29, 1.82) is 0 Å². The fourth-order valence-corrected chi connectivity index (χ4v) is 1.79. The van der Waals surface area contributed by atoms with Gasteiger partial charge in [-0.2, -0.15) is 0 Å². The Morgan fingerprint density at radius 2 is 2.12 bits per heavy atom. The first-order chi connectivity index (χ1) is 7.08. The van der Waals surface area contributed by atoms with Gasteiger partial charge >= 0.3 is 0 Å². The predicted molar refractivity (Wildman–Crippen MR) is 64.8 cm³/mol. The molecule has 1 atom stereocenters. The van der Waals surface area contributed by atoms with Crippen LogP contribution in [0.1, 0.15) is 20.3 Å². The largest absolute Gasteiger partial charge is 0.366 e. The third-order valence-corrected chi connectivity index (χ3v) is 3.46. The van der Waals surface area contributed by atoms with Crippen molar-refractivity contribution < 1.29 is 9.53 Å². The van der Waals surface area contributed by atoms with Crippen molar-refractivity contribution in [3.8, 4) is 0 Å². The number of carbonyl (C=O) groups excluding carboxylic acids is 1. The summed E-state index contributed by atoms with van der Waals surface area (Å²) in [6, 6.07) is 0. The molecule has 2 N–H and O–H groups in total. The van der Waals surface area contributed by atoms with Crippen molar-refractivity contribution in [2.24, 2.45) is 11.3 Å². The van der Waals surface area contributed by atoms with E-state index in [1.54, 1.807) is 0 Å². The van der Waals surface area contributed by atoms with Crippen molar-refractivity contribution in [1.82, 2.24) is 10.6 Å². The molecule has 1 heterocycles. The first kappa shape index (κ1) is 13.7. The van der Waals surface area contributed by atoms with E-state index < -0.39 is 0 Å². The molecule has 0 aromatic rings. The Labute approximate surface area is 103 Å². The van der Waals surface area contributed by atoms with E-state index in [0.29, 0.717) is 11.3 Å². The highest BCUT2D eigenvalue weighted by Gasteiger charge is 2.45. The Bertz CT molecular complexity index is 254. The molecule has 0 aromatic heterocycles. The monoisotopic (exact) mass is 248 g/mol. The zero-order valence-electron chi connectivity index (χ0n) is 9.91. The highest BCUT2D eigenvalue weighted by atomic mass is 35.5. The molecule has 1 amide bonds. The Morgan fingerprint density at radius 3 is 2.56 bits per heavy atom. The van der Waals surface area contributed by atoms with Crippen molar-refractivity contribution in [3.63, 3.8) is 0 Å². The van der Waals surface area contributed by atoms with Crippen LogP contribution in [-0.2, 0) is 9.53 Å². The average Bonchev–Trinajstić information content (AvgIpc) is 2.68. The molecule has 1 aliphatic carbocycles. The maximum absolute atomic E-state index is 11.4. The van der Waals surface area contributed by atoms with Crippen LogP contribution in [0.3, 0.4) is 0 Å². The first-order valence-corrected chi connectivity index (χ1v) is 5.67. The van der Waals surface area contributed by atoms with Gasteiger partial charge in [-0.1, -0.05) is 13.8 Å². The van der Waals surface area contributed by atoms with E-state index in [-0.39, 0.29) is 31.0 Å². The Kier molecular flexibility index (Phi) is 4.59. The molecule has 0 radical (unpaired) electrons. The first-order valence-electron chi connectivity index (χ1n) is 5.67. The van der Waals surface area contributed by atoms with Crippen LogP contribution in [0.15, 0.2) is 0 Å². The number of halogens is 1. The lowest BCUT2D eigenvalue weighted by molar-refractivity contribution is -0.128. The fourth-order valence-electron chi connectivity index (χ4n) is 1.79. The van der Waals surface area contributed by atoms with Crippen molar-refractivity contribution >= 4 is 18.3 Å². The van der Waals surface area contributed by atoms with E-state index in [4.69, 9.17) is 4.74 Å². The summed E-state index contributed by atoms with van der Waals surface area (Å²) < 4.78 is 5.37. The molecule has 0 bridgehead atoms. The summed E-state index contributed by atoms with van der Waals surface area (Å²) in [5.41, 5.74) is 0.437. The lowest BCUT2D eigenvalue weighted by atomic mass is 10.1. The molecule has 0 spiro atoms. The van der Waals surface area contributed by atoms with Gasteiger partial charge in [0.15, 0.2) is 0 Å². The zero-order valence-corrected chi connectivity index (χ0v) is 10.7. The molecule has 0 aromatic carbocycles. The van der Waals surface area contributed by atoms with E-state index in [1.807, 2.05) is 0 Å². The summed E-state index contributed by atoms with van der Waals surface area (Å²) in [6.45, 7) is 7.24. The number of amides is 1. The quantitative estimate of drug-likeness (QED) is 0.748. The second-order valence-corrected chi connectivity index (χ2v) is 5.28. The third kappa shape index (κ3) is 3.61. The van der Waals surface area contributed by atoms with Crippen LogP contribution in [0.4, 0.5) is 0 Å². The molecule has 94 valence electrons. The minimum atomic E-state index is 0. The Balaban J connectivity index is 0.00000128. The maximum Gasteiger partial charge on any atom is 0.246 e. The number of nitrogens with one attached hydrogen (secondary N) is 2. The molecule has 1 aliphatic heterocycles. The Hall–Kier alpha value is -0.320. The standard InChI is InChI=1S/C11H20N2O2.ClH/c1-11(2)3-8(11)4-13-10(14)7-15-9-5-12-6-9;/h8-9,12H,3-7H2,1-2H3,(H,13,14);1H. The van der Waals surface area contributed by atoms with Crippen LogP contribution in [0, 0.1) is 11.3 Å². The van der Waals surface area contributed by atoms with Crippen molar-refractivity contribution in [3.05, 3.63) is 0 Å². The van der Waals surface area contributed by atoms with E-state index >= 15 is 0 Å². The minimum Gasteiger partial charge on any atom is -0.366 e. The normalized spacial score (nSPS) is 26.5. The minimum absolute atomic E-state index is 0. The molecule has 1 unspecified atom stereocenters. The van der Waals surface area contributed by atoms with Gasteiger partial charge in [0.2, 0.25) is 5.91 Å². The van der Waals surface area contributed by atoms with Gasteiger partial charge in [0.1, 0.15) is 6.61 Å². The van der Waals surface area contributed by atoms with E-state index in [0.717, 1.165) is 19.6 Å². The third-order valence-electron chi connectivity index (χ3n) is 3.46. The topological polar surface area (TPSA) is 50.4 Å². The summed E-state index contributed by atoms with van der Waals surface area (Å²) in [4.78, 5) is 11.4. The van der Waals surface area contributed by atoms with Gasteiger partial charge in [-0.05, 0) is 17.8 Å². The van der Waals surface area contributed by atoms with Crippen LogP contribution in [0.25, 0.3) is 0 Å². The molecule has 16 heavy (non-hydrogen) atoms. The van der Waals surface area contributed by atoms with Gasteiger partial charge in [-0.3, -0.25) is 4.79 Å². The second-order valence-electron chi connectivity index (χ2n) is 5.28. The summed E-state index contributed by atoms with van der Waals surface area (Å²) in [5, 5.41) is 6.02. The Morgan fingerprint density at radius 1 is 1.50 bits per heavy atom. The van der Waals surface area contributed by atoms with E-state index in [9.17, 15) is 4.79 Å². The SMILES string of the molecule is CC1(C)CC1CNC(=O)COC1CNC1.Cl. The van der Waals surface area contributed by atoms with Gasteiger partial charge in [-0.15, -0.1) is 12.4 Å². The molecule has 4 nitrogen and oxygen atoms in total. The number of carbonyl (C=O) groups is 1. The molecule has 1 saturated carbocycles. The molecule has 2 fully saturated rings. The lowest BCUT2D eigenvalue weighted by Crippen LogP contribution is -2.49. The molecule has 5 heteroatoms. The average molecular weight is 249 g/mol. The number of hydrogen-bond donors (Lipinski definition) is 2. The number of rotatable bonds is 5. The van der Waals surface area contributed by atoms with Crippen LogP contribution in [-0.4, -0.2) is 38.3 Å². The molecular weight excluding hydrogens is 228 g/mol. The van der Waals surface area contributed by atoms with Crippen LogP contribution in [0.5, 0.6) is 0 Å². The fraction of sp³-hybridized carbons (Fsp3) is 0.909. The zero-order chi connectivity index (χ0) is 10.9. The van der Waals surface area contributed by atoms with Gasteiger partial charge in [0.05, 0.1) is 6.10 Å². The summed E-state index contributed by atoms with van der Waals surface area (Å²) >= 11 is 0. The summed E-state index contributed by atoms with van der Waals surface area (Å²) in [7, 11) is 0. The van der Waals surface area contributed by atoms with E-state index in [1.165, 1.54) is 6.42 Å². The van der Waals surface area contributed by atoms with Gasteiger partial charge in [0.25, 0.3) is 0 Å². The van der Waals surface area contributed by atoms with Gasteiger partial charge in [-0.25, -0.2) is 0 Å². The van der Waals surface area contributed by atoms with Crippen molar-refractivity contribution in [2.45, 2.75) is 26.4 Å². The lowest BCUT2D eigenvalue weighted by Gasteiger charge is -2.26. The smallest absolute Gasteiger partial charge is 0.246 e. The molecule has 2 rings (SSSR count). The van der Waals surface area contributed by atoms with Gasteiger partial charge < -0.3 is 15.4 Å². The van der Waals surface area contributed by atoms with Crippen LogP contribution >= 0.6 is 12.4 Å². The van der Waals surface area contributed by atoms with Crippen molar-refractivity contribution in [2.75, 3.05) is 26.2 Å². The number of ether oxygens (including phenoxy) is 1. The maximum atomic E-state index is 11.4.